The third kappa shape index (κ3) is 3.66. The second kappa shape index (κ2) is 6.68. The summed E-state index contributed by atoms with van der Waals surface area (Å²) in [4.78, 5) is 4.34. The first-order valence-electron chi connectivity index (χ1n) is 5.23. The lowest BCUT2D eigenvalue weighted by atomic mass is 10.3. The van der Waals surface area contributed by atoms with Crippen LogP contribution in [0.15, 0.2) is 30.1 Å². The summed E-state index contributed by atoms with van der Waals surface area (Å²) in [5, 5.41) is 1.01. The first-order chi connectivity index (χ1) is 8.19. The Morgan fingerprint density at radius 3 is 3.06 bits per heavy atom. The fourth-order valence-corrected chi connectivity index (χ4v) is 2.30. The minimum absolute atomic E-state index is 0. The van der Waals surface area contributed by atoms with E-state index in [1.165, 1.54) is 6.08 Å². The van der Waals surface area contributed by atoms with Gasteiger partial charge in [0.05, 0.1) is 15.2 Å². The van der Waals surface area contributed by atoms with Crippen LogP contribution < -0.4 is 10.5 Å². The highest BCUT2D eigenvalue weighted by Crippen LogP contribution is 2.26. The molecule has 18 heavy (non-hydrogen) atoms. The van der Waals surface area contributed by atoms with E-state index in [1.807, 2.05) is 19.1 Å². The molecule has 3 nitrogen and oxygen atoms in total. The van der Waals surface area contributed by atoms with Crippen LogP contribution in [0.1, 0.15) is 5.01 Å². The molecule has 6 heteroatoms. The zero-order valence-electron chi connectivity index (χ0n) is 9.85. The van der Waals surface area contributed by atoms with E-state index in [-0.39, 0.29) is 31.4 Å². The van der Waals surface area contributed by atoms with Crippen molar-refractivity contribution < 1.29 is 9.13 Å². The summed E-state index contributed by atoms with van der Waals surface area (Å²) in [5.74, 6) is 0.287. The number of benzene rings is 1. The molecule has 2 aromatic rings. The summed E-state index contributed by atoms with van der Waals surface area (Å²) >= 11 is 1.59. The number of aromatic nitrogens is 1. The average Bonchev–Trinajstić information content (AvgIpc) is 2.66. The third-order valence-corrected chi connectivity index (χ3v) is 3.12. The van der Waals surface area contributed by atoms with Crippen molar-refractivity contribution in [2.24, 2.45) is 5.73 Å². The van der Waals surface area contributed by atoms with Gasteiger partial charge in [0, 0.05) is 6.54 Å². The molecule has 1 aromatic carbocycles. The van der Waals surface area contributed by atoms with E-state index < -0.39 is 0 Å². The molecule has 0 fully saturated rings. The van der Waals surface area contributed by atoms with Crippen LogP contribution in [-0.4, -0.2) is 18.1 Å². The number of hydrogen-bond acceptors (Lipinski definition) is 4. The number of fused-ring (bicyclic) bond motifs is 1. The van der Waals surface area contributed by atoms with E-state index in [9.17, 15) is 4.39 Å². The lowest BCUT2D eigenvalue weighted by molar-refractivity contribution is 0.318. The lowest BCUT2D eigenvalue weighted by Gasteiger charge is -2.03. The molecule has 0 aliphatic heterocycles. The van der Waals surface area contributed by atoms with Crippen molar-refractivity contribution >= 4 is 34.0 Å². The highest BCUT2D eigenvalue weighted by atomic mass is 35.5. The highest BCUT2D eigenvalue weighted by molar-refractivity contribution is 7.18. The van der Waals surface area contributed by atoms with Gasteiger partial charge in [-0.2, -0.15) is 0 Å². The summed E-state index contributed by atoms with van der Waals surface area (Å²) in [6, 6.07) is 5.53. The summed E-state index contributed by atoms with van der Waals surface area (Å²) < 4.78 is 19.4. The second-order valence-corrected chi connectivity index (χ2v) is 4.77. The topological polar surface area (TPSA) is 48.1 Å². The third-order valence-electron chi connectivity index (χ3n) is 2.18. The monoisotopic (exact) mass is 288 g/mol. The first-order valence-corrected chi connectivity index (χ1v) is 6.05. The maximum absolute atomic E-state index is 13.1. The Balaban J connectivity index is 0.00000162. The molecule has 0 bridgehead atoms. The maximum Gasteiger partial charge on any atom is 0.139 e. The molecule has 0 saturated carbocycles. The number of nitrogens with two attached hydrogens (primary N) is 1. The molecule has 1 heterocycles. The molecule has 0 saturated heterocycles. The number of halogens is 2. The van der Waals surface area contributed by atoms with Crippen molar-refractivity contribution in [2.75, 3.05) is 13.2 Å². The van der Waals surface area contributed by atoms with Crippen LogP contribution in [0.5, 0.6) is 5.75 Å². The summed E-state index contributed by atoms with van der Waals surface area (Å²) in [6.07, 6.45) is 1.30. The molecule has 98 valence electrons. The fourth-order valence-electron chi connectivity index (χ4n) is 1.45. The zero-order valence-corrected chi connectivity index (χ0v) is 11.5. The van der Waals surface area contributed by atoms with E-state index in [4.69, 9.17) is 10.5 Å². The highest BCUT2D eigenvalue weighted by Gasteiger charge is 2.03. The molecular formula is C12H14ClFN2OS. The summed E-state index contributed by atoms with van der Waals surface area (Å²) in [6.45, 7) is 2.05. The number of aryl methyl sites for hydroxylation is 1. The van der Waals surface area contributed by atoms with Crippen molar-refractivity contribution in [3.63, 3.8) is 0 Å². The summed E-state index contributed by atoms with van der Waals surface area (Å²) in [5.41, 5.74) is 6.14. The van der Waals surface area contributed by atoms with E-state index in [1.54, 1.807) is 17.4 Å². The molecule has 0 amide bonds. The van der Waals surface area contributed by atoms with Gasteiger partial charge < -0.3 is 10.5 Å². The predicted octanol–water partition coefficient (Wildman–Crippen LogP) is 3.22. The first kappa shape index (κ1) is 14.9. The molecule has 0 aliphatic rings. The zero-order chi connectivity index (χ0) is 12.3. The van der Waals surface area contributed by atoms with Gasteiger partial charge in [0.25, 0.3) is 0 Å². The summed E-state index contributed by atoms with van der Waals surface area (Å²) in [7, 11) is 0. The van der Waals surface area contributed by atoms with Gasteiger partial charge in [0.2, 0.25) is 0 Å². The Kier molecular flexibility index (Phi) is 5.53. The minimum Gasteiger partial charge on any atom is -0.486 e. The predicted molar refractivity (Wildman–Crippen MR) is 75.3 cm³/mol. The van der Waals surface area contributed by atoms with Gasteiger partial charge in [-0.05, 0) is 31.2 Å². The van der Waals surface area contributed by atoms with Crippen LogP contribution in [-0.2, 0) is 0 Å². The molecule has 0 aliphatic carbocycles. The molecule has 2 rings (SSSR count). The van der Waals surface area contributed by atoms with Gasteiger partial charge in [0.1, 0.15) is 18.2 Å². The van der Waals surface area contributed by atoms with Crippen LogP contribution in [0.25, 0.3) is 10.2 Å². The van der Waals surface area contributed by atoms with Gasteiger partial charge in [-0.15, -0.1) is 23.7 Å². The quantitative estimate of drug-likeness (QED) is 0.940. The number of rotatable bonds is 4. The van der Waals surface area contributed by atoms with Gasteiger partial charge in [-0.3, -0.25) is 0 Å². The number of thiazole rings is 1. The SMILES string of the molecule is Cc1nc2ccc(OC/C(F)=C/CN)cc2s1.Cl. The largest absolute Gasteiger partial charge is 0.486 e. The van der Waals surface area contributed by atoms with Crippen molar-refractivity contribution in [3.05, 3.63) is 35.1 Å². The lowest BCUT2D eigenvalue weighted by Crippen LogP contribution is -2.01. The van der Waals surface area contributed by atoms with Gasteiger partial charge in [-0.25, -0.2) is 9.37 Å². The van der Waals surface area contributed by atoms with Crippen molar-refractivity contribution in [2.45, 2.75) is 6.92 Å². The Labute approximate surface area is 115 Å². The molecule has 0 atom stereocenters. The normalized spacial score (nSPS) is 11.4. The van der Waals surface area contributed by atoms with Crippen LogP contribution in [0.2, 0.25) is 0 Å². The van der Waals surface area contributed by atoms with E-state index >= 15 is 0 Å². The average molecular weight is 289 g/mol. The van der Waals surface area contributed by atoms with Gasteiger partial charge >= 0.3 is 0 Å². The van der Waals surface area contributed by atoms with E-state index in [2.05, 4.69) is 4.98 Å². The Morgan fingerprint density at radius 1 is 1.56 bits per heavy atom. The standard InChI is InChI=1S/C12H13FN2OS.ClH/c1-8-15-11-3-2-10(6-12(11)17-8)16-7-9(13)4-5-14;/h2-4,6H,5,7,14H2,1H3;1H/b9-4-;. The van der Waals surface area contributed by atoms with E-state index in [0.717, 1.165) is 15.2 Å². The van der Waals surface area contributed by atoms with Crippen LogP contribution in [0, 0.1) is 6.92 Å². The second-order valence-electron chi connectivity index (χ2n) is 3.54. The van der Waals surface area contributed by atoms with Crippen molar-refractivity contribution in [1.82, 2.24) is 4.98 Å². The molecule has 2 N–H and O–H groups in total. The molecule has 0 spiro atoms. The minimum atomic E-state index is -0.354. The molecule has 0 radical (unpaired) electrons. The molecular weight excluding hydrogens is 275 g/mol. The van der Waals surface area contributed by atoms with E-state index in [0.29, 0.717) is 5.75 Å². The number of hydrogen-bond donors (Lipinski definition) is 1. The molecule has 1 aromatic heterocycles. The maximum atomic E-state index is 13.1. The smallest absolute Gasteiger partial charge is 0.139 e. The molecule has 0 unspecified atom stereocenters. The van der Waals surface area contributed by atoms with Crippen molar-refractivity contribution in [1.29, 1.82) is 0 Å². The Bertz CT molecular complexity index is 556. The van der Waals surface area contributed by atoms with Gasteiger partial charge in [-0.1, -0.05) is 0 Å². The number of nitrogens with zero attached hydrogens (tertiary/aromatic N) is 1. The fraction of sp³-hybridized carbons (Fsp3) is 0.250. The van der Waals surface area contributed by atoms with Crippen molar-refractivity contribution in [3.8, 4) is 5.75 Å². The Hall–Kier alpha value is -1.17. The van der Waals surface area contributed by atoms with Gasteiger partial charge in [0.15, 0.2) is 0 Å². The van der Waals surface area contributed by atoms with Crippen LogP contribution in [0.3, 0.4) is 0 Å². The van der Waals surface area contributed by atoms with Crippen LogP contribution >= 0.6 is 23.7 Å². The number of ether oxygens (including phenoxy) is 1. The van der Waals surface area contributed by atoms with Crippen LogP contribution in [0.4, 0.5) is 4.39 Å². The Morgan fingerprint density at radius 2 is 2.33 bits per heavy atom.